The Hall–Kier alpha value is -1.62. The number of nitrogens with one attached hydrogen (secondary N) is 1. The van der Waals surface area contributed by atoms with E-state index in [0.29, 0.717) is 12.1 Å². The predicted octanol–water partition coefficient (Wildman–Crippen LogP) is 1.36. The molecule has 0 fully saturated rings. The number of aryl methyl sites for hydroxylation is 1. The summed E-state index contributed by atoms with van der Waals surface area (Å²) in [6.07, 6.45) is 7.72. The SMILES string of the molecule is CC(Cn1cccn1)NC(C)c1cnn(C)c1. The first-order valence-corrected chi connectivity index (χ1v) is 5.87. The second-order valence-corrected chi connectivity index (χ2v) is 4.46. The third kappa shape index (κ3) is 3.17. The van der Waals surface area contributed by atoms with Gasteiger partial charge in [-0.1, -0.05) is 0 Å². The molecule has 0 amide bonds. The van der Waals surface area contributed by atoms with Crippen molar-refractivity contribution >= 4 is 0 Å². The maximum absolute atomic E-state index is 4.20. The summed E-state index contributed by atoms with van der Waals surface area (Å²) >= 11 is 0. The topological polar surface area (TPSA) is 47.7 Å². The van der Waals surface area contributed by atoms with Gasteiger partial charge < -0.3 is 5.32 Å². The van der Waals surface area contributed by atoms with E-state index < -0.39 is 0 Å². The highest BCUT2D eigenvalue weighted by Gasteiger charge is 2.11. The zero-order valence-electron chi connectivity index (χ0n) is 10.5. The van der Waals surface area contributed by atoms with Crippen LogP contribution in [0.5, 0.6) is 0 Å². The van der Waals surface area contributed by atoms with Crippen LogP contribution in [0.25, 0.3) is 0 Å². The van der Waals surface area contributed by atoms with E-state index in [1.165, 1.54) is 5.56 Å². The molecule has 0 spiro atoms. The van der Waals surface area contributed by atoms with Crippen molar-refractivity contribution in [3.63, 3.8) is 0 Å². The molecule has 0 saturated carbocycles. The molecular formula is C12H19N5. The van der Waals surface area contributed by atoms with Crippen LogP contribution in [0.4, 0.5) is 0 Å². The summed E-state index contributed by atoms with van der Waals surface area (Å²) in [5.41, 5.74) is 1.21. The van der Waals surface area contributed by atoms with E-state index >= 15 is 0 Å². The van der Waals surface area contributed by atoms with Gasteiger partial charge in [0.25, 0.3) is 0 Å². The van der Waals surface area contributed by atoms with Crippen LogP contribution in [-0.4, -0.2) is 25.6 Å². The van der Waals surface area contributed by atoms with Crippen LogP contribution >= 0.6 is 0 Å². The number of aromatic nitrogens is 4. The van der Waals surface area contributed by atoms with Crippen molar-refractivity contribution in [1.82, 2.24) is 24.9 Å². The first-order valence-electron chi connectivity index (χ1n) is 5.87. The zero-order valence-corrected chi connectivity index (χ0v) is 10.5. The second kappa shape index (κ2) is 5.14. The summed E-state index contributed by atoms with van der Waals surface area (Å²) in [6.45, 7) is 5.18. The van der Waals surface area contributed by atoms with E-state index in [9.17, 15) is 0 Å². The van der Waals surface area contributed by atoms with Gasteiger partial charge in [-0.05, 0) is 19.9 Å². The van der Waals surface area contributed by atoms with Crippen LogP contribution in [0.15, 0.2) is 30.9 Å². The molecule has 1 N–H and O–H groups in total. The molecule has 0 radical (unpaired) electrons. The largest absolute Gasteiger partial charge is 0.306 e. The lowest BCUT2D eigenvalue weighted by Crippen LogP contribution is -2.32. The molecule has 0 aliphatic carbocycles. The fraction of sp³-hybridized carbons (Fsp3) is 0.500. The van der Waals surface area contributed by atoms with E-state index in [1.54, 1.807) is 6.20 Å². The van der Waals surface area contributed by atoms with Gasteiger partial charge in [-0.25, -0.2) is 0 Å². The molecular weight excluding hydrogens is 214 g/mol. The van der Waals surface area contributed by atoms with Crippen LogP contribution in [0.2, 0.25) is 0 Å². The first-order chi connectivity index (χ1) is 8.15. The van der Waals surface area contributed by atoms with Gasteiger partial charge in [0, 0.05) is 43.3 Å². The maximum Gasteiger partial charge on any atom is 0.0560 e. The van der Waals surface area contributed by atoms with Crippen molar-refractivity contribution in [2.45, 2.75) is 32.5 Å². The van der Waals surface area contributed by atoms with Crippen LogP contribution in [0, 0.1) is 0 Å². The number of rotatable bonds is 5. The summed E-state index contributed by atoms with van der Waals surface area (Å²) < 4.78 is 3.76. The van der Waals surface area contributed by atoms with Crippen LogP contribution in [-0.2, 0) is 13.6 Å². The molecule has 2 aromatic rings. The molecule has 2 rings (SSSR count). The fourth-order valence-electron chi connectivity index (χ4n) is 1.93. The third-order valence-corrected chi connectivity index (χ3v) is 2.78. The third-order valence-electron chi connectivity index (χ3n) is 2.78. The van der Waals surface area contributed by atoms with E-state index in [4.69, 9.17) is 0 Å². The molecule has 2 unspecified atom stereocenters. The molecule has 0 aromatic carbocycles. The highest BCUT2D eigenvalue weighted by molar-refractivity contribution is 5.09. The Bertz CT molecular complexity index is 445. The average Bonchev–Trinajstić information content (AvgIpc) is 2.89. The van der Waals surface area contributed by atoms with Crippen molar-refractivity contribution in [3.05, 3.63) is 36.4 Å². The van der Waals surface area contributed by atoms with Crippen molar-refractivity contribution in [2.75, 3.05) is 0 Å². The Morgan fingerprint density at radius 1 is 1.35 bits per heavy atom. The summed E-state index contributed by atoms with van der Waals surface area (Å²) in [5, 5.41) is 11.9. The monoisotopic (exact) mass is 233 g/mol. The van der Waals surface area contributed by atoms with Crippen molar-refractivity contribution in [3.8, 4) is 0 Å². The normalized spacial score (nSPS) is 14.8. The maximum atomic E-state index is 4.20. The molecule has 0 aliphatic rings. The minimum atomic E-state index is 0.300. The predicted molar refractivity (Wildman–Crippen MR) is 66.4 cm³/mol. The molecule has 92 valence electrons. The van der Waals surface area contributed by atoms with Crippen molar-refractivity contribution in [1.29, 1.82) is 0 Å². The molecule has 5 nitrogen and oxygen atoms in total. The molecule has 0 aliphatic heterocycles. The van der Waals surface area contributed by atoms with Gasteiger partial charge in [-0.2, -0.15) is 10.2 Å². The van der Waals surface area contributed by atoms with E-state index in [2.05, 4.69) is 29.4 Å². The van der Waals surface area contributed by atoms with Gasteiger partial charge in [0.05, 0.1) is 12.7 Å². The van der Waals surface area contributed by atoms with Crippen LogP contribution < -0.4 is 5.32 Å². The second-order valence-electron chi connectivity index (χ2n) is 4.46. The number of hydrogen-bond acceptors (Lipinski definition) is 3. The molecule has 0 saturated heterocycles. The van der Waals surface area contributed by atoms with E-state index in [0.717, 1.165) is 6.54 Å². The van der Waals surface area contributed by atoms with Crippen molar-refractivity contribution < 1.29 is 0 Å². The molecule has 5 heteroatoms. The van der Waals surface area contributed by atoms with Crippen LogP contribution in [0.3, 0.4) is 0 Å². The summed E-state index contributed by atoms with van der Waals surface area (Å²) in [6, 6.07) is 2.61. The Labute approximate surface area is 101 Å². The van der Waals surface area contributed by atoms with Gasteiger partial charge in [-0.3, -0.25) is 9.36 Å². The standard InChI is InChI=1S/C12H19N5/c1-10(8-17-6-4-5-13-17)15-11(2)12-7-14-16(3)9-12/h4-7,9-11,15H,8H2,1-3H3. The Morgan fingerprint density at radius 2 is 2.18 bits per heavy atom. The lowest BCUT2D eigenvalue weighted by molar-refractivity contribution is 0.413. The molecule has 2 atom stereocenters. The van der Waals surface area contributed by atoms with Gasteiger partial charge in [0.2, 0.25) is 0 Å². The van der Waals surface area contributed by atoms with Gasteiger partial charge in [0.1, 0.15) is 0 Å². The van der Waals surface area contributed by atoms with Crippen LogP contribution in [0.1, 0.15) is 25.5 Å². The first kappa shape index (κ1) is 11.9. The lowest BCUT2D eigenvalue weighted by atomic mass is 10.1. The average molecular weight is 233 g/mol. The highest BCUT2D eigenvalue weighted by Crippen LogP contribution is 2.11. The van der Waals surface area contributed by atoms with Crippen molar-refractivity contribution in [2.24, 2.45) is 7.05 Å². The number of nitrogens with zero attached hydrogens (tertiary/aromatic N) is 4. The van der Waals surface area contributed by atoms with Gasteiger partial charge in [0.15, 0.2) is 0 Å². The molecule has 0 bridgehead atoms. The van der Waals surface area contributed by atoms with E-state index in [-0.39, 0.29) is 0 Å². The summed E-state index contributed by atoms with van der Waals surface area (Å²) in [4.78, 5) is 0. The summed E-state index contributed by atoms with van der Waals surface area (Å²) in [7, 11) is 1.93. The molecule has 17 heavy (non-hydrogen) atoms. The lowest BCUT2D eigenvalue weighted by Gasteiger charge is -2.19. The quantitative estimate of drug-likeness (QED) is 0.848. The van der Waals surface area contributed by atoms with Gasteiger partial charge in [-0.15, -0.1) is 0 Å². The fourth-order valence-corrected chi connectivity index (χ4v) is 1.93. The van der Waals surface area contributed by atoms with E-state index in [1.807, 2.05) is 41.1 Å². The Balaban J connectivity index is 1.88. The minimum absolute atomic E-state index is 0.300. The summed E-state index contributed by atoms with van der Waals surface area (Å²) in [5.74, 6) is 0. The molecule has 2 heterocycles. The molecule has 2 aromatic heterocycles. The minimum Gasteiger partial charge on any atom is -0.306 e. The number of hydrogen-bond donors (Lipinski definition) is 1. The highest BCUT2D eigenvalue weighted by atomic mass is 15.3. The Kier molecular flexibility index (Phi) is 3.58. The Morgan fingerprint density at radius 3 is 2.76 bits per heavy atom. The zero-order chi connectivity index (χ0) is 12.3. The smallest absolute Gasteiger partial charge is 0.0560 e. The van der Waals surface area contributed by atoms with Gasteiger partial charge >= 0.3 is 0 Å².